The minimum Gasteiger partial charge on any atom is -0.468 e. The third kappa shape index (κ3) is 4.38. The van der Waals surface area contributed by atoms with E-state index in [1.165, 1.54) is 18.9 Å². The summed E-state index contributed by atoms with van der Waals surface area (Å²) in [4.78, 5) is 23.4. The van der Waals surface area contributed by atoms with Gasteiger partial charge in [-0.3, -0.25) is 9.59 Å². The molecular formula is C13H24N2O3S. The van der Waals surface area contributed by atoms with E-state index in [9.17, 15) is 9.59 Å². The molecule has 1 unspecified atom stereocenters. The summed E-state index contributed by atoms with van der Waals surface area (Å²) in [7, 11) is 3.04. The van der Waals surface area contributed by atoms with Gasteiger partial charge in [0.1, 0.15) is 5.54 Å². The number of methoxy groups -OCH3 is 1. The highest BCUT2D eigenvalue weighted by Gasteiger charge is 2.51. The van der Waals surface area contributed by atoms with Crippen LogP contribution >= 0.6 is 11.8 Å². The first-order valence-corrected chi connectivity index (χ1v) is 7.88. The van der Waals surface area contributed by atoms with E-state index in [4.69, 9.17) is 4.74 Å². The van der Waals surface area contributed by atoms with Gasteiger partial charge in [0.05, 0.1) is 12.9 Å². The van der Waals surface area contributed by atoms with Gasteiger partial charge in [-0.05, 0) is 31.7 Å². The third-order valence-corrected chi connectivity index (χ3v) is 4.48. The van der Waals surface area contributed by atoms with E-state index in [-0.39, 0.29) is 11.9 Å². The monoisotopic (exact) mass is 288 g/mol. The Bertz CT molecular complexity index is 321. The quantitative estimate of drug-likeness (QED) is 0.614. The Kier molecular flexibility index (Phi) is 6.65. The second-order valence-corrected chi connectivity index (χ2v) is 5.82. The standard InChI is InChI=1S/C13H24N2O3S/c1-4-7-15-13(10-5-6-10,12(17)18-3)9-19-8-11(16)14-2/h10,15H,4-9H2,1-3H3,(H,14,16). The number of thioether (sulfide) groups is 1. The number of carbonyl (C=O) groups excluding carboxylic acids is 2. The number of hydrogen-bond acceptors (Lipinski definition) is 5. The van der Waals surface area contributed by atoms with Crippen LogP contribution in [0.3, 0.4) is 0 Å². The number of rotatable bonds is 9. The molecule has 0 aliphatic heterocycles. The van der Waals surface area contributed by atoms with E-state index < -0.39 is 5.54 Å². The minimum atomic E-state index is -0.622. The zero-order valence-corrected chi connectivity index (χ0v) is 12.8. The Morgan fingerprint density at radius 3 is 2.58 bits per heavy atom. The molecule has 19 heavy (non-hydrogen) atoms. The normalized spacial score (nSPS) is 17.6. The number of ether oxygens (including phenoxy) is 1. The molecule has 1 saturated carbocycles. The SMILES string of the molecule is CCCNC(CSCC(=O)NC)(C(=O)OC)C1CC1. The summed E-state index contributed by atoms with van der Waals surface area (Å²) in [5.41, 5.74) is -0.622. The van der Waals surface area contributed by atoms with Crippen molar-refractivity contribution in [3.63, 3.8) is 0 Å². The molecule has 6 heteroatoms. The molecule has 0 aromatic carbocycles. The fourth-order valence-electron chi connectivity index (χ4n) is 2.09. The maximum Gasteiger partial charge on any atom is 0.327 e. The van der Waals surface area contributed by atoms with Crippen LogP contribution in [0.2, 0.25) is 0 Å². The molecule has 1 rings (SSSR count). The van der Waals surface area contributed by atoms with E-state index in [2.05, 4.69) is 17.6 Å². The van der Waals surface area contributed by atoms with Crippen LogP contribution in [0.1, 0.15) is 26.2 Å². The van der Waals surface area contributed by atoms with Gasteiger partial charge in [-0.1, -0.05) is 6.92 Å². The molecule has 0 radical (unpaired) electrons. The Morgan fingerprint density at radius 1 is 1.42 bits per heavy atom. The van der Waals surface area contributed by atoms with Crippen LogP contribution in [0.5, 0.6) is 0 Å². The molecule has 0 bridgehead atoms. The molecule has 1 aliphatic rings. The summed E-state index contributed by atoms with van der Waals surface area (Å²) in [5, 5.41) is 5.95. The van der Waals surface area contributed by atoms with Gasteiger partial charge in [0.15, 0.2) is 0 Å². The molecule has 1 aliphatic carbocycles. The van der Waals surface area contributed by atoms with Crippen LogP contribution in [-0.2, 0) is 14.3 Å². The van der Waals surface area contributed by atoms with Crippen molar-refractivity contribution < 1.29 is 14.3 Å². The van der Waals surface area contributed by atoms with Gasteiger partial charge in [0.2, 0.25) is 5.91 Å². The Hall–Kier alpha value is -0.750. The number of carbonyl (C=O) groups is 2. The summed E-state index contributed by atoms with van der Waals surface area (Å²) in [6.45, 7) is 2.85. The fraction of sp³-hybridized carbons (Fsp3) is 0.846. The summed E-state index contributed by atoms with van der Waals surface area (Å²) in [6, 6.07) is 0. The second-order valence-electron chi connectivity index (χ2n) is 4.83. The summed E-state index contributed by atoms with van der Waals surface area (Å²) < 4.78 is 4.98. The van der Waals surface area contributed by atoms with Crippen molar-refractivity contribution in [3.05, 3.63) is 0 Å². The van der Waals surface area contributed by atoms with Gasteiger partial charge in [0.25, 0.3) is 0 Å². The molecule has 1 amide bonds. The van der Waals surface area contributed by atoms with E-state index in [1.54, 1.807) is 7.05 Å². The Morgan fingerprint density at radius 2 is 2.11 bits per heavy atom. The lowest BCUT2D eigenvalue weighted by Gasteiger charge is -2.32. The zero-order chi connectivity index (χ0) is 14.3. The molecule has 0 saturated heterocycles. The Balaban J connectivity index is 2.66. The van der Waals surface area contributed by atoms with Gasteiger partial charge < -0.3 is 15.4 Å². The molecule has 2 N–H and O–H groups in total. The molecule has 0 spiro atoms. The van der Waals surface area contributed by atoms with E-state index in [0.29, 0.717) is 17.4 Å². The van der Waals surface area contributed by atoms with Crippen LogP contribution in [0.4, 0.5) is 0 Å². The summed E-state index contributed by atoms with van der Waals surface area (Å²) in [5.74, 6) is 1.07. The highest BCUT2D eigenvalue weighted by molar-refractivity contribution is 8.00. The van der Waals surface area contributed by atoms with Crippen molar-refractivity contribution in [2.45, 2.75) is 31.7 Å². The maximum absolute atomic E-state index is 12.2. The topological polar surface area (TPSA) is 67.4 Å². The van der Waals surface area contributed by atoms with Gasteiger partial charge in [-0.25, -0.2) is 0 Å². The molecule has 1 atom stereocenters. The Labute approximate surface area is 119 Å². The first-order chi connectivity index (χ1) is 9.10. The lowest BCUT2D eigenvalue weighted by atomic mass is 9.95. The van der Waals surface area contributed by atoms with Crippen LogP contribution in [0, 0.1) is 5.92 Å². The second kappa shape index (κ2) is 7.75. The van der Waals surface area contributed by atoms with Crippen LogP contribution in [0.25, 0.3) is 0 Å². The first kappa shape index (κ1) is 16.3. The zero-order valence-electron chi connectivity index (χ0n) is 12.0. The molecule has 0 aromatic heterocycles. The average Bonchev–Trinajstić information content (AvgIpc) is 3.26. The number of amides is 1. The number of hydrogen-bond donors (Lipinski definition) is 2. The largest absolute Gasteiger partial charge is 0.468 e. The predicted octanol–water partition coefficient (Wildman–Crippen LogP) is 0.787. The van der Waals surface area contributed by atoms with Gasteiger partial charge in [-0.15, -0.1) is 11.8 Å². The summed E-state index contributed by atoms with van der Waals surface area (Å²) in [6.07, 6.45) is 3.06. The molecule has 110 valence electrons. The van der Waals surface area contributed by atoms with E-state index in [1.807, 2.05) is 0 Å². The predicted molar refractivity (Wildman–Crippen MR) is 77.2 cm³/mol. The lowest BCUT2D eigenvalue weighted by molar-refractivity contribution is -0.148. The molecule has 5 nitrogen and oxygen atoms in total. The smallest absolute Gasteiger partial charge is 0.327 e. The van der Waals surface area contributed by atoms with Gasteiger partial charge in [0, 0.05) is 12.8 Å². The van der Waals surface area contributed by atoms with Crippen molar-refractivity contribution in [1.29, 1.82) is 0 Å². The van der Waals surface area contributed by atoms with E-state index in [0.717, 1.165) is 25.8 Å². The van der Waals surface area contributed by atoms with Crippen LogP contribution in [0.15, 0.2) is 0 Å². The minimum absolute atomic E-state index is 0.0185. The fourth-order valence-corrected chi connectivity index (χ4v) is 3.30. The highest BCUT2D eigenvalue weighted by atomic mass is 32.2. The van der Waals surface area contributed by atoms with Crippen molar-refractivity contribution >= 4 is 23.6 Å². The number of nitrogens with one attached hydrogen (secondary N) is 2. The molecule has 1 fully saturated rings. The third-order valence-electron chi connectivity index (χ3n) is 3.36. The van der Waals surface area contributed by atoms with Crippen molar-refractivity contribution in [3.8, 4) is 0 Å². The van der Waals surface area contributed by atoms with Crippen molar-refractivity contribution in [2.24, 2.45) is 5.92 Å². The average molecular weight is 288 g/mol. The van der Waals surface area contributed by atoms with Crippen LogP contribution < -0.4 is 10.6 Å². The van der Waals surface area contributed by atoms with E-state index >= 15 is 0 Å². The van der Waals surface area contributed by atoms with Gasteiger partial charge in [-0.2, -0.15) is 0 Å². The molecular weight excluding hydrogens is 264 g/mol. The number of esters is 1. The van der Waals surface area contributed by atoms with Crippen molar-refractivity contribution in [2.75, 3.05) is 32.2 Å². The first-order valence-electron chi connectivity index (χ1n) is 6.72. The summed E-state index contributed by atoms with van der Waals surface area (Å²) >= 11 is 1.48. The lowest BCUT2D eigenvalue weighted by Crippen LogP contribution is -2.57. The maximum atomic E-state index is 12.2. The highest BCUT2D eigenvalue weighted by Crippen LogP contribution is 2.42. The van der Waals surface area contributed by atoms with Gasteiger partial charge >= 0.3 is 5.97 Å². The van der Waals surface area contributed by atoms with Crippen LogP contribution in [-0.4, -0.2) is 49.6 Å². The molecule has 0 heterocycles. The van der Waals surface area contributed by atoms with Crippen molar-refractivity contribution in [1.82, 2.24) is 10.6 Å². The molecule has 0 aromatic rings.